The van der Waals surface area contributed by atoms with E-state index in [1.54, 1.807) is 30.5 Å². The van der Waals surface area contributed by atoms with Crippen LogP contribution >= 0.6 is 11.6 Å². The molecule has 3 aromatic rings. The number of nitrogens with zero attached hydrogens (tertiary/aromatic N) is 2. The van der Waals surface area contributed by atoms with E-state index in [4.69, 9.17) is 21.3 Å². The van der Waals surface area contributed by atoms with Gasteiger partial charge in [-0.25, -0.2) is 9.97 Å². The first-order valence-electron chi connectivity index (χ1n) is 10.8. The third-order valence-corrected chi connectivity index (χ3v) is 5.57. The number of alkyl halides is 2. The number of rotatable bonds is 10. The number of hydrogen-bond donors (Lipinski definition) is 0. The molecule has 0 spiro atoms. The zero-order valence-corrected chi connectivity index (χ0v) is 18.6. The van der Waals surface area contributed by atoms with Gasteiger partial charge in [0.2, 0.25) is 11.8 Å². The fourth-order valence-electron chi connectivity index (χ4n) is 3.55. The standard InChI is InChI=1S/C25H25ClF2N2O2/c1-2-4-22-19(9-10-23(30-22)31-15-16-7-8-16)11-17-12-21(18-5-3-6-20(26)13-18)24(29-14-17)32-25(27)28/h3,5-6,9-10,12-14,16,25H,2,4,7-8,11,15H2,1H3. The molecule has 1 fully saturated rings. The average Bonchev–Trinajstić information content (AvgIpc) is 3.59. The van der Waals surface area contributed by atoms with Gasteiger partial charge in [0.15, 0.2) is 0 Å². The molecule has 0 bridgehead atoms. The summed E-state index contributed by atoms with van der Waals surface area (Å²) >= 11 is 6.11. The van der Waals surface area contributed by atoms with E-state index in [0.29, 0.717) is 34.4 Å². The second-order valence-electron chi connectivity index (χ2n) is 8.02. The molecule has 0 atom stereocenters. The van der Waals surface area contributed by atoms with Gasteiger partial charge in [0.1, 0.15) is 0 Å². The normalized spacial score (nSPS) is 13.4. The molecule has 1 saturated carbocycles. The molecule has 0 N–H and O–H groups in total. The third-order valence-electron chi connectivity index (χ3n) is 5.33. The Labute approximate surface area is 191 Å². The number of pyridine rings is 2. The maximum atomic E-state index is 12.9. The van der Waals surface area contributed by atoms with E-state index in [-0.39, 0.29) is 5.88 Å². The first-order chi connectivity index (χ1) is 15.5. The highest BCUT2D eigenvalue weighted by atomic mass is 35.5. The van der Waals surface area contributed by atoms with E-state index >= 15 is 0 Å². The first kappa shape index (κ1) is 22.5. The molecule has 7 heteroatoms. The van der Waals surface area contributed by atoms with Gasteiger partial charge in [0, 0.05) is 35.0 Å². The summed E-state index contributed by atoms with van der Waals surface area (Å²) in [5.74, 6) is 1.19. The highest BCUT2D eigenvalue weighted by Crippen LogP contribution is 2.33. The number of ether oxygens (including phenoxy) is 2. The van der Waals surface area contributed by atoms with Crippen molar-refractivity contribution >= 4 is 11.6 Å². The van der Waals surface area contributed by atoms with Crippen molar-refractivity contribution in [1.82, 2.24) is 9.97 Å². The molecule has 168 valence electrons. The van der Waals surface area contributed by atoms with E-state index in [9.17, 15) is 8.78 Å². The van der Waals surface area contributed by atoms with Gasteiger partial charge >= 0.3 is 6.61 Å². The van der Waals surface area contributed by atoms with Crippen molar-refractivity contribution in [2.24, 2.45) is 5.92 Å². The van der Waals surface area contributed by atoms with E-state index < -0.39 is 6.61 Å². The van der Waals surface area contributed by atoms with Gasteiger partial charge in [-0.05, 0) is 60.1 Å². The molecular formula is C25H25ClF2N2O2. The molecule has 32 heavy (non-hydrogen) atoms. The third kappa shape index (κ3) is 5.94. The molecule has 4 nitrogen and oxygen atoms in total. The van der Waals surface area contributed by atoms with Crippen molar-refractivity contribution < 1.29 is 18.3 Å². The Morgan fingerprint density at radius 3 is 2.72 bits per heavy atom. The minimum Gasteiger partial charge on any atom is -0.477 e. The first-order valence-corrected chi connectivity index (χ1v) is 11.2. The Morgan fingerprint density at radius 2 is 2.00 bits per heavy atom. The van der Waals surface area contributed by atoms with Crippen LogP contribution in [-0.4, -0.2) is 23.2 Å². The smallest absolute Gasteiger partial charge is 0.388 e. The molecule has 0 radical (unpaired) electrons. The molecule has 1 aliphatic carbocycles. The number of halogens is 3. The number of aryl methyl sites for hydroxylation is 1. The minimum absolute atomic E-state index is 0.123. The summed E-state index contributed by atoms with van der Waals surface area (Å²) in [6.45, 7) is -0.135. The van der Waals surface area contributed by atoms with Crippen LogP contribution in [0.25, 0.3) is 11.1 Å². The van der Waals surface area contributed by atoms with Crippen LogP contribution < -0.4 is 9.47 Å². The van der Waals surface area contributed by atoms with Crippen LogP contribution in [-0.2, 0) is 12.8 Å². The lowest BCUT2D eigenvalue weighted by atomic mass is 9.99. The number of aromatic nitrogens is 2. The van der Waals surface area contributed by atoms with Gasteiger partial charge in [-0.2, -0.15) is 8.78 Å². The zero-order chi connectivity index (χ0) is 22.5. The summed E-state index contributed by atoms with van der Waals surface area (Å²) < 4.78 is 36.4. The second kappa shape index (κ2) is 10.3. The Hall–Kier alpha value is -2.73. The van der Waals surface area contributed by atoms with Gasteiger partial charge in [-0.15, -0.1) is 0 Å². The van der Waals surface area contributed by atoms with Gasteiger partial charge in [0.05, 0.1) is 6.61 Å². The van der Waals surface area contributed by atoms with E-state index in [1.807, 2.05) is 18.2 Å². The molecule has 4 rings (SSSR count). The van der Waals surface area contributed by atoms with Crippen LogP contribution in [0.1, 0.15) is 43.0 Å². The predicted molar refractivity (Wildman–Crippen MR) is 121 cm³/mol. The summed E-state index contributed by atoms with van der Waals surface area (Å²) in [6, 6.07) is 12.7. The molecule has 1 aliphatic rings. The molecule has 0 amide bonds. The lowest BCUT2D eigenvalue weighted by Gasteiger charge is -2.14. The minimum atomic E-state index is -2.96. The summed E-state index contributed by atoms with van der Waals surface area (Å²) in [7, 11) is 0. The summed E-state index contributed by atoms with van der Waals surface area (Å²) in [4.78, 5) is 8.90. The molecule has 2 aromatic heterocycles. The lowest BCUT2D eigenvalue weighted by Crippen LogP contribution is -2.07. The van der Waals surface area contributed by atoms with Crippen molar-refractivity contribution in [2.45, 2.75) is 45.6 Å². The van der Waals surface area contributed by atoms with Crippen LogP contribution in [0.3, 0.4) is 0 Å². The topological polar surface area (TPSA) is 44.2 Å². The van der Waals surface area contributed by atoms with Crippen molar-refractivity contribution in [3.63, 3.8) is 0 Å². The summed E-state index contributed by atoms with van der Waals surface area (Å²) in [5.41, 5.74) is 4.05. The molecule has 2 heterocycles. The quantitative estimate of drug-likeness (QED) is 0.338. The largest absolute Gasteiger partial charge is 0.477 e. The van der Waals surface area contributed by atoms with Crippen molar-refractivity contribution in [3.05, 3.63) is 70.5 Å². The maximum absolute atomic E-state index is 12.9. The predicted octanol–water partition coefficient (Wildman–Crippen LogP) is 6.73. The van der Waals surface area contributed by atoms with Gasteiger partial charge < -0.3 is 9.47 Å². The van der Waals surface area contributed by atoms with Crippen LogP contribution in [0.4, 0.5) is 8.78 Å². The lowest BCUT2D eigenvalue weighted by molar-refractivity contribution is -0.0524. The SMILES string of the molecule is CCCc1nc(OCC2CC2)ccc1Cc1cnc(OC(F)F)c(-c2cccc(Cl)c2)c1. The van der Waals surface area contributed by atoms with Crippen LogP contribution in [0, 0.1) is 5.92 Å². The molecule has 1 aromatic carbocycles. The van der Waals surface area contributed by atoms with Crippen molar-refractivity contribution in [3.8, 4) is 22.9 Å². The fraction of sp³-hybridized carbons (Fsp3) is 0.360. The Balaban J connectivity index is 1.62. The van der Waals surface area contributed by atoms with Crippen LogP contribution in [0.15, 0.2) is 48.7 Å². The van der Waals surface area contributed by atoms with Crippen molar-refractivity contribution in [2.75, 3.05) is 6.61 Å². The number of hydrogen-bond acceptors (Lipinski definition) is 4. The Morgan fingerprint density at radius 1 is 1.16 bits per heavy atom. The molecule has 0 aliphatic heterocycles. The Kier molecular flexibility index (Phi) is 7.20. The van der Waals surface area contributed by atoms with Gasteiger partial charge in [-0.3, -0.25) is 0 Å². The monoisotopic (exact) mass is 458 g/mol. The fourth-order valence-corrected chi connectivity index (χ4v) is 3.74. The van der Waals surface area contributed by atoms with Crippen LogP contribution in [0.5, 0.6) is 11.8 Å². The average molecular weight is 459 g/mol. The molecular weight excluding hydrogens is 434 g/mol. The van der Waals surface area contributed by atoms with E-state index in [0.717, 1.165) is 36.3 Å². The number of benzene rings is 1. The van der Waals surface area contributed by atoms with Crippen molar-refractivity contribution in [1.29, 1.82) is 0 Å². The van der Waals surface area contributed by atoms with Gasteiger partial charge in [0.25, 0.3) is 0 Å². The van der Waals surface area contributed by atoms with E-state index in [2.05, 4.69) is 16.6 Å². The zero-order valence-electron chi connectivity index (χ0n) is 17.9. The Bertz CT molecular complexity index is 1070. The van der Waals surface area contributed by atoms with Crippen LogP contribution in [0.2, 0.25) is 5.02 Å². The molecule has 0 unspecified atom stereocenters. The maximum Gasteiger partial charge on any atom is 0.388 e. The molecule has 0 saturated heterocycles. The van der Waals surface area contributed by atoms with E-state index in [1.165, 1.54) is 12.8 Å². The highest BCUT2D eigenvalue weighted by Gasteiger charge is 2.22. The highest BCUT2D eigenvalue weighted by molar-refractivity contribution is 6.30. The van der Waals surface area contributed by atoms with Gasteiger partial charge in [-0.1, -0.05) is 43.1 Å². The summed E-state index contributed by atoms with van der Waals surface area (Å²) in [6.07, 6.45) is 6.39. The second-order valence-corrected chi connectivity index (χ2v) is 8.46. The summed E-state index contributed by atoms with van der Waals surface area (Å²) in [5, 5.41) is 0.507.